The summed E-state index contributed by atoms with van der Waals surface area (Å²) >= 11 is 1.20. The number of thioether (sulfide) groups is 1. The molecule has 1 aromatic carbocycles. The van der Waals surface area contributed by atoms with Gasteiger partial charge >= 0.3 is 0 Å². The fourth-order valence-electron chi connectivity index (χ4n) is 2.39. The maximum atomic E-state index is 14.0. The summed E-state index contributed by atoms with van der Waals surface area (Å²) in [5, 5.41) is 10.8. The van der Waals surface area contributed by atoms with Crippen LogP contribution in [0.3, 0.4) is 0 Å². The number of carbonyl (C=O) groups excluding carboxylic acids is 1. The van der Waals surface area contributed by atoms with E-state index in [1.54, 1.807) is 23.6 Å². The average Bonchev–Trinajstić information content (AvgIpc) is 3.04. The van der Waals surface area contributed by atoms with Gasteiger partial charge in [-0.1, -0.05) is 30.0 Å². The van der Waals surface area contributed by atoms with E-state index in [-0.39, 0.29) is 17.4 Å². The van der Waals surface area contributed by atoms with Crippen LogP contribution in [-0.4, -0.2) is 30.9 Å². The van der Waals surface area contributed by atoms with Crippen LogP contribution in [0.15, 0.2) is 47.8 Å². The molecular formula is C18H17F2N5OS. The third-order valence-corrected chi connectivity index (χ3v) is 4.83. The lowest BCUT2D eigenvalue weighted by atomic mass is 10.3. The van der Waals surface area contributed by atoms with Crippen molar-refractivity contribution in [3.05, 3.63) is 54.2 Å². The summed E-state index contributed by atoms with van der Waals surface area (Å²) in [6.45, 7) is 4.03. The molecule has 3 aromatic rings. The van der Waals surface area contributed by atoms with Gasteiger partial charge in [-0.2, -0.15) is 0 Å². The molecular weight excluding hydrogens is 372 g/mol. The molecule has 0 bridgehead atoms. The van der Waals surface area contributed by atoms with Crippen LogP contribution in [-0.2, 0) is 11.3 Å². The molecule has 0 aliphatic carbocycles. The fourth-order valence-corrected chi connectivity index (χ4v) is 3.31. The second-order valence-electron chi connectivity index (χ2n) is 5.65. The number of hydrogen-bond acceptors (Lipinski definition) is 5. The van der Waals surface area contributed by atoms with E-state index >= 15 is 0 Å². The number of benzene rings is 1. The van der Waals surface area contributed by atoms with Gasteiger partial charge in [0.15, 0.2) is 16.8 Å². The molecule has 0 aliphatic rings. The quantitative estimate of drug-likeness (QED) is 0.650. The number of aromatic nitrogens is 4. The minimum absolute atomic E-state index is 0.0843. The van der Waals surface area contributed by atoms with Crippen LogP contribution in [0, 0.1) is 11.6 Å². The number of hydrogen-bond donors (Lipinski definition) is 1. The summed E-state index contributed by atoms with van der Waals surface area (Å²) in [7, 11) is 0. The van der Waals surface area contributed by atoms with Gasteiger partial charge in [0.2, 0.25) is 5.91 Å². The van der Waals surface area contributed by atoms with Crippen molar-refractivity contribution in [1.29, 1.82) is 0 Å². The maximum absolute atomic E-state index is 14.0. The predicted octanol–water partition coefficient (Wildman–Crippen LogP) is 3.76. The van der Waals surface area contributed by atoms with Gasteiger partial charge in [0.1, 0.15) is 11.5 Å². The van der Waals surface area contributed by atoms with Crippen molar-refractivity contribution in [2.24, 2.45) is 0 Å². The number of nitrogens with zero attached hydrogens (tertiary/aromatic N) is 4. The highest BCUT2D eigenvalue weighted by Gasteiger charge is 2.22. The van der Waals surface area contributed by atoms with Crippen LogP contribution in [0.2, 0.25) is 0 Å². The Balaban J connectivity index is 1.79. The summed E-state index contributed by atoms with van der Waals surface area (Å²) in [4.78, 5) is 16.2. The zero-order valence-corrected chi connectivity index (χ0v) is 15.5. The Labute approximate surface area is 159 Å². The highest BCUT2D eigenvalue weighted by Crippen LogP contribution is 2.27. The number of para-hydroxylation sites is 1. The zero-order valence-electron chi connectivity index (χ0n) is 14.7. The zero-order chi connectivity index (χ0) is 19.4. The van der Waals surface area contributed by atoms with Gasteiger partial charge in [-0.3, -0.25) is 4.79 Å². The van der Waals surface area contributed by atoms with Crippen molar-refractivity contribution in [2.75, 3.05) is 5.32 Å². The van der Waals surface area contributed by atoms with Crippen molar-refractivity contribution in [1.82, 2.24) is 19.7 Å². The first-order chi connectivity index (χ1) is 13.0. The summed E-state index contributed by atoms with van der Waals surface area (Å²) in [5.74, 6) is -1.58. The van der Waals surface area contributed by atoms with Gasteiger partial charge in [0.25, 0.3) is 0 Å². The summed E-state index contributed by atoms with van der Waals surface area (Å²) in [5.41, 5.74) is 0.615. The molecule has 0 spiro atoms. The SMILES string of the molecule is CCn1c(SC(C)C(=O)Nc2ccccc2)nnc1-c1ncc(F)cc1F. The third-order valence-electron chi connectivity index (χ3n) is 3.75. The molecule has 1 amide bonds. The third kappa shape index (κ3) is 4.30. The Morgan fingerprint density at radius 3 is 2.67 bits per heavy atom. The van der Waals surface area contributed by atoms with Crippen LogP contribution >= 0.6 is 11.8 Å². The molecule has 1 atom stereocenters. The normalized spacial score (nSPS) is 12.0. The number of carbonyl (C=O) groups is 1. The first-order valence-electron chi connectivity index (χ1n) is 8.26. The predicted molar refractivity (Wildman–Crippen MR) is 99.2 cm³/mol. The molecule has 140 valence electrons. The van der Waals surface area contributed by atoms with Gasteiger partial charge in [0.05, 0.1) is 11.4 Å². The first-order valence-corrected chi connectivity index (χ1v) is 9.14. The lowest BCUT2D eigenvalue weighted by molar-refractivity contribution is -0.115. The van der Waals surface area contributed by atoms with Gasteiger partial charge < -0.3 is 9.88 Å². The Kier molecular flexibility index (Phi) is 5.80. The minimum atomic E-state index is -0.816. The lowest BCUT2D eigenvalue weighted by Gasteiger charge is -2.12. The molecule has 2 aromatic heterocycles. The molecule has 0 saturated carbocycles. The molecule has 0 saturated heterocycles. The summed E-state index contributed by atoms with van der Waals surface area (Å²) in [6.07, 6.45) is 0.926. The minimum Gasteiger partial charge on any atom is -0.325 e. The topological polar surface area (TPSA) is 72.7 Å². The molecule has 0 radical (unpaired) electrons. The maximum Gasteiger partial charge on any atom is 0.237 e. The molecule has 0 aliphatic heterocycles. The highest BCUT2D eigenvalue weighted by molar-refractivity contribution is 8.00. The van der Waals surface area contributed by atoms with Gasteiger partial charge in [-0.15, -0.1) is 10.2 Å². The Morgan fingerprint density at radius 1 is 1.26 bits per heavy atom. The van der Waals surface area contributed by atoms with Crippen molar-refractivity contribution in [3.63, 3.8) is 0 Å². The van der Waals surface area contributed by atoms with E-state index in [1.807, 2.05) is 25.1 Å². The standard InChI is InChI=1S/C18H17F2N5OS/c1-3-25-16(15-14(20)9-12(19)10-21-15)23-24-18(25)27-11(2)17(26)22-13-7-5-4-6-8-13/h4-11H,3H2,1-2H3,(H,22,26). The number of rotatable bonds is 6. The summed E-state index contributed by atoms with van der Waals surface area (Å²) in [6, 6.07) is 9.87. The smallest absolute Gasteiger partial charge is 0.237 e. The second kappa shape index (κ2) is 8.26. The van der Waals surface area contributed by atoms with Crippen LogP contribution in [0.5, 0.6) is 0 Å². The number of pyridine rings is 1. The number of amides is 1. The van der Waals surface area contributed by atoms with Crippen LogP contribution in [0.4, 0.5) is 14.5 Å². The molecule has 2 heterocycles. The lowest BCUT2D eigenvalue weighted by Crippen LogP contribution is -2.22. The highest BCUT2D eigenvalue weighted by atomic mass is 32.2. The Bertz CT molecular complexity index is 948. The monoisotopic (exact) mass is 389 g/mol. The van der Waals surface area contributed by atoms with Crippen molar-refractivity contribution < 1.29 is 13.6 Å². The number of anilines is 1. The molecule has 3 rings (SSSR count). The van der Waals surface area contributed by atoms with E-state index in [0.29, 0.717) is 17.4 Å². The molecule has 1 unspecified atom stereocenters. The molecule has 1 N–H and O–H groups in total. The van der Waals surface area contributed by atoms with E-state index in [4.69, 9.17) is 0 Å². The van der Waals surface area contributed by atoms with Crippen LogP contribution in [0.1, 0.15) is 13.8 Å². The van der Waals surface area contributed by atoms with Crippen LogP contribution < -0.4 is 5.32 Å². The van der Waals surface area contributed by atoms with E-state index < -0.39 is 16.9 Å². The Morgan fingerprint density at radius 2 is 2.00 bits per heavy atom. The first kappa shape index (κ1) is 19.0. The largest absolute Gasteiger partial charge is 0.325 e. The van der Waals surface area contributed by atoms with Crippen molar-refractivity contribution >= 4 is 23.4 Å². The van der Waals surface area contributed by atoms with Gasteiger partial charge in [-0.25, -0.2) is 13.8 Å². The van der Waals surface area contributed by atoms with Gasteiger partial charge in [0, 0.05) is 18.3 Å². The number of halogens is 2. The van der Waals surface area contributed by atoms with Crippen LogP contribution in [0.25, 0.3) is 11.5 Å². The van der Waals surface area contributed by atoms with E-state index in [9.17, 15) is 13.6 Å². The van der Waals surface area contributed by atoms with E-state index in [2.05, 4.69) is 20.5 Å². The van der Waals surface area contributed by atoms with Crippen molar-refractivity contribution in [2.45, 2.75) is 30.8 Å². The molecule has 27 heavy (non-hydrogen) atoms. The van der Waals surface area contributed by atoms with E-state index in [1.165, 1.54) is 11.8 Å². The average molecular weight is 389 g/mol. The van der Waals surface area contributed by atoms with Crippen molar-refractivity contribution in [3.8, 4) is 11.5 Å². The Hall–Kier alpha value is -2.81. The van der Waals surface area contributed by atoms with E-state index in [0.717, 1.165) is 12.3 Å². The fraction of sp³-hybridized carbons (Fsp3) is 0.222. The molecule has 6 nitrogen and oxygen atoms in total. The van der Waals surface area contributed by atoms with Gasteiger partial charge in [-0.05, 0) is 26.0 Å². The second-order valence-corrected chi connectivity index (χ2v) is 6.96. The molecule has 9 heteroatoms. The molecule has 0 fully saturated rings. The summed E-state index contributed by atoms with van der Waals surface area (Å²) < 4.78 is 28.8. The number of nitrogens with one attached hydrogen (secondary N) is 1.